The fourth-order valence-electron chi connectivity index (χ4n) is 3.05. The minimum atomic E-state index is 0.400. The van der Waals surface area contributed by atoms with Gasteiger partial charge in [-0.15, -0.1) is 0 Å². The van der Waals surface area contributed by atoms with Gasteiger partial charge < -0.3 is 10.1 Å². The lowest BCUT2D eigenvalue weighted by molar-refractivity contribution is -0.0830. The SMILES string of the molecule is CCC1COC(C)CN1C1CNCCC1C. The largest absolute Gasteiger partial charge is 0.376 e. The van der Waals surface area contributed by atoms with Crippen LogP contribution in [0, 0.1) is 5.92 Å². The van der Waals surface area contributed by atoms with Gasteiger partial charge in [0.15, 0.2) is 0 Å². The Labute approximate surface area is 99.5 Å². The molecule has 16 heavy (non-hydrogen) atoms. The van der Waals surface area contributed by atoms with E-state index in [-0.39, 0.29) is 0 Å². The number of morpholine rings is 1. The van der Waals surface area contributed by atoms with Gasteiger partial charge in [-0.2, -0.15) is 0 Å². The predicted molar refractivity (Wildman–Crippen MR) is 66.6 cm³/mol. The molecule has 0 aromatic heterocycles. The Morgan fingerprint density at radius 2 is 2.19 bits per heavy atom. The number of hydrogen-bond donors (Lipinski definition) is 1. The Hall–Kier alpha value is -0.120. The molecule has 2 fully saturated rings. The second-order valence-corrected chi connectivity index (χ2v) is 5.44. The van der Waals surface area contributed by atoms with Crippen LogP contribution in [0.15, 0.2) is 0 Å². The van der Waals surface area contributed by atoms with Crippen molar-refractivity contribution in [1.82, 2.24) is 10.2 Å². The zero-order valence-electron chi connectivity index (χ0n) is 10.9. The Morgan fingerprint density at radius 1 is 1.38 bits per heavy atom. The molecule has 2 aliphatic rings. The maximum atomic E-state index is 5.78. The van der Waals surface area contributed by atoms with Gasteiger partial charge >= 0.3 is 0 Å². The molecule has 0 bridgehead atoms. The monoisotopic (exact) mass is 226 g/mol. The molecule has 2 aliphatic heterocycles. The van der Waals surface area contributed by atoms with Crippen LogP contribution in [0.2, 0.25) is 0 Å². The fraction of sp³-hybridized carbons (Fsp3) is 1.00. The molecule has 0 aromatic carbocycles. The summed E-state index contributed by atoms with van der Waals surface area (Å²) < 4.78 is 5.78. The van der Waals surface area contributed by atoms with E-state index in [1.165, 1.54) is 19.4 Å². The Bertz CT molecular complexity index is 222. The van der Waals surface area contributed by atoms with E-state index in [9.17, 15) is 0 Å². The first-order valence-electron chi connectivity index (χ1n) is 6.80. The number of ether oxygens (including phenoxy) is 1. The molecule has 4 atom stereocenters. The molecule has 0 spiro atoms. The Kier molecular flexibility index (Phi) is 4.22. The van der Waals surface area contributed by atoms with Crippen molar-refractivity contribution >= 4 is 0 Å². The Morgan fingerprint density at radius 3 is 2.88 bits per heavy atom. The molecule has 2 heterocycles. The standard InChI is InChI=1S/C13H26N2O/c1-4-12-9-16-11(3)8-15(12)13-7-14-6-5-10(13)2/h10-14H,4-9H2,1-3H3. The second-order valence-electron chi connectivity index (χ2n) is 5.44. The maximum absolute atomic E-state index is 5.78. The van der Waals surface area contributed by atoms with Crippen LogP contribution < -0.4 is 5.32 Å². The van der Waals surface area contributed by atoms with E-state index in [1.807, 2.05) is 0 Å². The molecule has 94 valence electrons. The van der Waals surface area contributed by atoms with Crippen molar-refractivity contribution in [3.8, 4) is 0 Å². The van der Waals surface area contributed by atoms with Gasteiger partial charge in [-0.25, -0.2) is 0 Å². The van der Waals surface area contributed by atoms with E-state index < -0.39 is 0 Å². The maximum Gasteiger partial charge on any atom is 0.0674 e. The van der Waals surface area contributed by atoms with E-state index in [1.54, 1.807) is 0 Å². The molecule has 1 N–H and O–H groups in total. The van der Waals surface area contributed by atoms with Gasteiger partial charge in [0, 0.05) is 25.2 Å². The van der Waals surface area contributed by atoms with Gasteiger partial charge in [-0.3, -0.25) is 4.90 Å². The summed E-state index contributed by atoms with van der Waals surface area (Å²) in [6, 6.07) is 1.34. The van der Waals surface area contributed by atoms with Gasteiger partial charge in [-0.1, -0.05) is 13.8 Å². The molecule has 0 radical (unpaired) electrons. The number of hydrogen-bond acceptors (Lipinski definition) is 3. The zero-order valence-corrected chi connectivity index (χ0v) is 10.9. The molecule has 2 rings (SSSR count). The molecule has 3 nitrogen and oxygen atoms in total. The Balaban J connectivity index is 2.02. The van der Waals surface area contributed by atoms with Gasteiger partial charge in [0.1, 0.15) is 0 Å². The van der Waals surface area contributed by atoms with Crippen LogP contribution in [-0.2, 0) is 4.74 Å². The van der Waals surface area contributed by atoms with Gasteiger partial charge in [0.05, 0.1) is 12.7 Å². The minimum absolute atomic E-state index is 0.400. The molecule has 0 amide bonds. The third-order valence-corrected chi connectivity index (χ3v) is 4.19. The van der Waals surface area contributed by atoms with Crippen LogP contribution in [0.25, 0.3) is 0 Å². The average Bonchev–Trinajstić information content (AvgIpc) is 2.29. The number of nitrogens with zero attached hydrogens (tertiary/aromatic N) is 1. The third kappa shape index (κ3) is 2.58. The van der Waals surface area contributed by atoms with Crippen LogP contribution in [0.1, 0.15) is 33.6 Å². The summed E-state index contributed by atoms with van der Waals surface area (Å²) >= 11 is 0. The van der Waals surface area contributed by atoms with Gasteiger partial charge in [0.25, 0.3) is 0 Å². The first-order valence-corrected chi connectivity index (χ1v) is 6.80. The van der Waals surface area contributed by atoms with Crippen molar-refractivity contribution < 1.29 is 4.74 Å². The molecule has 0 saturated carbocycles. The van der Waals surface area contributed by atoms with Gasteiger partial charge in [-0.05, 0) is 32.2 Å². The second kappa shape index (κ2) is 5.48. The van der Waals surface area contributed by atoms with E-state index >= 15 is 0 Å². The van der Waals surface area contributed by atoms with Crippen LogP contribution in [-0.4, -0.2) is 49.3 Å². The minimum Gasteiger partial charge on any atom is -0.376 e. The summed E-state index contributed by atoms with van der Waals surface area (Å²) in [6.07, 6.45) is 2.92. The topological polar surface area (TPSA) is 24.5 Å². The van der Waals surface area contributed by atoms with E-state index in [2.05, 4.69) is 31.0 Å². The first-order chi connectivity index (χ1) is 7.72. The molecule has 0 aliphatic carbocycles. The van der Waals surface area contributed by atoms with E-state index in [4.69, 9.17) is 4.74 Å². The van der Waals surface area contributed by atoms with Crippen LogP contribution >= 0.6 is 0 Å². The van der Waals surface area contributed by atoms with Crippen molar-refractivity contribution in [3.63, 3.8) is 0 Å². The van der Waals surface area contributed by atoms with Crippen molar-refractivity contribution in [2.75, 3.05) is 26.2 Å². The quantitative estimate of drug-likeness (QED) is 0.772. The van der Waals surface area contributed by atoms with Crippen molar-refractivity contribution in [3.05, 3.63) is 0 Å². The average molecular weight is 226 g/mol. The van der Waals surface area contributed by atoms with Crippen LogP contribution in [0.4, 0.5) is 0 Å². The number of rotatable bonds is 2. The smallest absolute Gasteiger partial charge is 0.0674 e. The summed E-state index contributed by atoms with van der Waals surface area (Å²) in [5, 5.41) is 3.54. The van der Waals surface area contributed by atoms with Crippen LogP contribution in [0.3, 0.4) is 0 Å². The first kappa shape index (κ1) is 12.3. The molecular formula is C13H26N2O. The normalized spacial score (nSPS) is 42.2. The highest BCUT2D eigenvalue weighted by Gasteiger charge is 2.34. The third-order valence-electron chi connectivity index (χ3n) is 4.19. The number of piperidine rings is 1. The molecule has 0 aromatic rings. The molecular weight excluding hydrogens is 200 g/mol. The highest BCUT2D eigenvalue weighted by atomic mass is 16.5. The summed E-state index contributed by atoms with van der Waals surface area (Å²) in [6.45, 7) is 11.2. The lowest BCUT2D eigenvalue weighted by Gasteiger charge is -2.46. The number of nitrogens with one attached hydrogen (secondary N) is 1. The predicted octanol–water partition coefficient (Wildman–Crippen LogP) is 1.48. The van der Waals surface area contributed by atoms with Crippen LogP contribution in [0.5, 0.6) is 0 Å². The van der Waals surface area contributed by atoms with E-state index in [0.717, 1.165) is 25.6 Å². The summed E-state index contributed by atoms with van der Waals surface area (Å²) in [5.74, 6) is 0.820. The van der Waals surface area contributed by atoms with Crippen molar-refractivity contribution in [1.29, 1.82) is 0 Å². The highest BCUT2D eigenvalue weighted by Crippen LogP contribution is 2.24. The molecule has 2 saturated heterocycles. The molecule has 3 heteroatoms. The lowest BCUT2D eigenvalue weighted by Crippen LogP contribution is -2.59. The lowest BCUT2D eigenvalue weighted by atomic mass is 9.91. The van der Waals surface area contributed by atoms with Gasteiger partial charge in [0.2, 0.25) is 0 Å². The zero-order chi connectivity index (χ0) is 11.5. The summed E-state index contributed by atoms with van der Waals surface area (Å²) in [4.78, 5) is 2.70. The van der Waals surface area contributed by atoms with Crippen molar-refractivity contribution in [2.45, 2.75) is 51.8 Å². The summed E-state index contributed by atoms with van der Waals surface area (Å²) in [7, 11) is 0. The highest BCUT2D eigenvalue weighted by molar-refractivity contribution is 4.89. The fourth-order valence-corrected chi connectivity index (χ4v) is 3.05. The van der Waals surface area contributed by atoms with Crippen molar-refractivity contribution in [2.24, 2.45) is 5.92 Å². The molecule has 4 unspecified atom stereocenters. The summed E-state index contributed by atoms with van der Waals surface area (Å²) in [5.41, 5.74) is 0. The van der Waals surface area contributed by atoms with E-state index in [0.29, 0.717) is 18.2 Å².